The molecule has 0 aromatic heterocycles. The molecule has 2 heterocycles. The number of ether oxygens (including phenoxy) is 2. The summed E-state index contributed by atoms with van der Waals surface area (Å²) in [5.41, 5.74) is 1.32. The van der Waals surface area contributed by atoms with Crippen LogP contribution in [0.1, 0.15) is 12.8 Å². The molecular formula is C17H22N2O3S. The minimum Gasteiger partial charge on any atom is -0.486 e. The van der Waals surface area contributed by atoms with Gasteiger partial charge in [-0.3, -0.25) is 4.79 Å². The van der Waals surface area contributed by atoms with Crippen LogP contribution < -0.4 is 20.1 Å². The van der Waals surface area contributed by atoms with Gasteiger partial charge in [-0.1, -0.05) is 11.6 Å². The molecule has 0 spiro atoms. The Kier molecular flexibility index (Phi) is 5.82. The highest BCUT2D eigenvalue weighted by atomic mass is 32.2. The highest BCUT2D eigenvalue weighted by molar-refractivity contribution is 7.99. The fourth-order valence-corrected chi connectivity index (χ4v) is 3.38. The van der Waals surface area contributed by atoms with Gasteiger partial charge in [0.15, 0.2) is 11.5 Å². The third-order valence-electron chi connectivity index (χ3n) is 3.78. The third-order valence-corrected chi connectivity index (χ3v) is 4.78. The van der Waals surface area contributed by atoms with Gasteiger partial charge >= 0.3 is 0 Å². The van der Waals surface area contributed by atoms with Gasteiger partial charge in [-0.25, -0.2) is 0 Å². The number of carbonyl (C=O) groups is 1. The molecule has 0 saturated carbocycles. The van der Waals surface area contributed by atoms with E-state index in [0.717, 1.165) is 41.7 Å². The summed E-state index contributed by atoms with van der Waals surface area (Å²) in [4.78, 5) is 13.0. The number of fused-ring (bicyclic) bond motifs is 1. The van der Waals surface area contributed by atoms with Gasteiger partial charge in [0.25, 0.3) is 0 Å². The molecule has 124 valence electrons. The van der Waals surface area contributed by atoms with Gasteiger partial charge in [-0.2, -0.15) is 0 Å². The van der Waals surface area contributed by atoms with Crippen LogP contribution in [0.25, 0.3) is 0 Å². The van der Waals surface area contributed by atoms with Crippen molar-refractivity contribution in [3.63, 3.8) is 0 Å². The molecule has 1 aromatic rings. The Balaban J connectivity index is 1.38. The molecule has 0 aliphatic carbocycles. The summed E-state index contributed by atoms with van der Waals surface area (Å²) in [5, 5.41) is 6.26. The number of benzene rings is 1. The van der Waals surface area contributed by atoms with Crippen LogP contribution in [-0.2, 0) is 4.79 Å². The van der Waals surface area contributed by atoms with Crippen LogP contribution in [-0.4, -0.2) is 44.5 Å². The lowest BCUT2D eigenvalue weighted by Crippen LogP contribution is -2.29. The Labute approximate surface area is 140 Å². The Bertz CT molecular complexity index is 589. The van der Waals surface area contributed by atoms with Gasteiger partial charge in [0.2, 0.25) is 5.91 Å². The summed E-state index contributed by atoms with van der Waals surface area (Å²) in [7, 11) is 0. The predicted molar refractivity (Wildman–Crippen MR) is 91.4 cm³/mol. The number of rotatable bonds is 6. The first-order chi connectivity index (χ1) is 11.3. The van der Waals surface area contributed by atoms with Crippen LogP contribution in [0.3, 0.4) is 0 Å². The van der Waals surface area contributed by atoms with Crippen molar-refractivity contribution in [3.8, 4) is 11.5 Å². The zero-order valence-electron chi connectivity index (χ0n) is 13.1. The maximum absolute atomic E-state index is 11.9. The van der Waals surface area contributed by atoms with E-state index in [0.29, 0.717) is 26.2 Å². The van der Waals surface area contributed by atoms with Crippen LogP contribution in [0.2, 0.25) is 0 Å². The summed E-state index contributed by atoms with van der Waals surface area (Å²) >= 11 is 1.66. The highest BCUT2D eigenvalue weighted by Crippen LogP contribution is 2.34. The molecule has 0 bridgehead atoms. The van der Waals surface area contributed by atoms with Gasteiger partial charge in [-0.15, -0.1) is 11.8 Å². The highest BCUT2D eigenvalue weighted by Gasteiger charge is 2.12. The average molecular weight is 334 g/mol. The van der Waals surface area contributed by atoms with E-state index in [1.165, 1.54) is 5.57 Å². The number of thioether (sulfide) groups is 1. The topological polar surface area (TPSA) is 59.6 Å². The molecule has 2 N–H and O–H groups in total. The van der Waals surface area contributed by atoms with Crippen molar-refractivity contribution in [1.29, 1.82) is 0 Å². The molecule has 5 nitrogen and oxygen atoms in total. The number of amides is 1. The first kappa shape index (κ1) is 16.2. The number of hydrogen-bond acceptors (Lipinski definition) is 5. The second-order valence-electron chi connectivity index (χ2n) is 5.50. The maximum Gasteiger partial charge on any atom is 0.221 e. The normalized spacial score (nSPS) is 16.6. The third kappa shape index (κ3) is 4.91. The Morgan fingerprint density at radius 2 is 2.13 bits per heavy atom. The molecule has 2 aliphatic rings. The van der Waals surface area contributed by atoms with Crippen molar-refractivity contribution >= 4 is 17.7 Å². The van der Waals surface area contributed by atoms with E-state index in [-0.39, 0.29) is 5.91 Å². The number of nitrogens with one attached hydrogen (secondary N) is 2. The Morgan fingerprint density at radius 3 is 2.96 bits per heavy atom. The van der Waals surface area contributed by atoms with E-state index < -0.39 is 0 Å². The summed E-state index contributed by atoms with van der Waals surface area (Å²) < 4.78 is 11.1. The van der Waals surface area contributed by atoms with Crippen molar-refractivity contribution in [2.24, 2.45) is 0 Å². The second kappa shape index (κ2) is 8.26. The Morgan fingerprint density at radius 1 is 1.26 bits per heavy atom. The van der Waals surface area contributed by atoms with Crippen LogP contribution in [0, 0.1) is 0 Å². The second-order valence-corrected chi connectivity index (χ2v) is 6.67. The van der Waals surface area contributed by atoms with Crippen molar-refractivity contribution in [2.45, 2.75) is 17.7 Å². The van der Waals surface area contributed by atoms with Crippen LogP contribution in [0.5, 0.6) is 11.5 Å². The van der Waals surface area contributed by atoms with E-state index in [9.17, 15) is 4.79 Å². The summed E-state index contributed by atoms with van der Waals surface area (Å²) in [6.45, 7) is 3.78. The van der Waals surface area contributed by atoms with Gasteiger partial charge in [0.1, 0.15) is 13.2 Å². The smallest absolute Gasteiger partial charge is 0.221 e. The first-order valence-electron chi connectivity index (χ1n) is 7.99. The molecule has 0 atom stereocenters. The van der Waals surface area contributed by atoms with Gasteiger partial charge < -0.3 is 20.1 Å². The van der Waals surface area contributed by atoms with Crippen molar-refractivity contribution in [3.05, 3.63) is 29.8 Å². The molecule has 2 aliphatic heterocycles. The monoisotopic (exact) mass is 334 g/mol. The molecule has 23 heavy (non-hydrogen) atoms. The van der Waals surface area contributed by atoms with Crippen LogP contribution in [0.15, 0.2) is 34.7 Å². The Hall–Kier alpha value is -1.66. The lowest BCUT2D eigenvalue weighted by molar-refractivity contribution is -0.120. The molecule has 6 heteroatoms. The molecular weight excluding hydrogens is 312 g/mol. The first-order valence-corrected chi connectivity index (χ1v) is 8.97. The zero-order chi connectivity index (χ0) is 15.9. The van der Waals surface area contributed by atoms with Crippen molar-refractivity contribution in [2.75, 3.05) is 38.6 Å². The van der Waals surface area contributed by atoms with E-state index >= 15 is 0 Å². The van der Waals surface area contributed by atoms with Crippen LogP contribution in [0.4, 0.5) is 0 Å². The van der Waals surface area contributed by atoms with Crippen molar-refractivity contribution < 1.29 is 14.3 Å². The molecule has 0 saturated heterocycles. The average Bonchev–Trinajstić information content (AvgIpc) is 2.61. The van der Waals surface area contributed by atoms with Crippen LogP contribution >= 0.6 is 11.8 Å². The standard InChI is InChI=1S/C17H22N2O3S/c20-17(19-12-13-3-6-18-7-4-13)5-10-23-14-1-2-15-16(11-14)22-9-8-21-15/h1-3,11,18H,4-10,12H2,(H,19,20). The van der Waals surface area contributed by atoms with Gasteiger partial charge in [0, 0.05) is 30.2 Å². The minimum atomic E-state index is 0.106. The fourth-order valence-electron chi connectivity index (χ4n) is 2.51. The van der Waals surface area contributed by atoms with E-state index in [4.69, 9.17) is 9.47 Å². The van der Waals surface area contributed by atoms with E-state index in [1.54, 1.807) is 11.8 Å². The summed E-state index contributed by atoms with van der Waals surface area (Å²) in [6, 6.07) is 5.92. The lowest BCUT2D eigenvalue weighted by Gasteiger charge is -2.18. The van der Waals surface area contributed by atoms with E-state index in [2.05, 4.69) is 16.7 Å². The van der Waals surface area contributed by atoms with Gasteiger partial charge in [-0.05, 0) is 31.2 Å². The van der Waals surface area contributed by atoms with Crippen molar-refractivity contribution in [1.82, 2.24) is 10.6 Å². The zero-order valence-corrected chi connectivity index (χ0v) is 13.9. The summed E-state index contributed by atoms with van der Waals surface area (Å²) in [6.07, 6.45) is 3.70. The lowest BCUT2D eigenvalue weighted by atomic mass is 10.1. The summed E-state index contributed by atoms with van der Waals surface area (Å²) in [5.74, 6) is 2.46. The molecule has 0 radical (unpaired) electrons. The molecule has 0 unspecified atom stereocenters. The maximum atomic E-state index is 11.9. The van der Waals surface area contributed by atoms with E-state index in [1.807, 2.05) is 18.2 Å². The number of carbonyl (C=O) groups excluding carboxylic acids is 1. The largest absolute Gasteiger partial charge is 0.486 e. The molecule has 1 amide bonds. The molecule has 3 rings (SSSR count). The molecule has 1 aromatic carbocycles. The minimum absolute atomic E-state index is 0.106. The van der Waals surface area contributed by atoms with Gasteiger partial charge in [0.05, 0.1) is 0 Å². The quantitative estimate of drug-likeness (QED) is 0.615. The number of hydrogen-bond donors (Lipinski definition) is 2. The fraction of sp³-hybridized carbons (Fsp3) is 0.471. The predicted octanol–water partition coefficient (Wildman–Crippen LogP) is 1.98. The molecule has 0 fully saturated rings. The SMILES string of the molecule is O=C(CCSc1ccc2c(c1)OCCO2)NCC1=CCNCC1.